The fourth-order valence-electron chi connectivity index (χ4n) is 2.42. The molecule has 0 saturated carbocycles. The summed E-state index contributed by atoms with van der Waals surface area (Å²) in [6.07, 6.45) is 0.291. The van der Waals surface area contributed by atoms with Crippen LogP contribution in [-0.4, -0.2) is 18.0 Å². The van der Waals surface area contributed by atoms with E-state index in [0.29, 0.717) is 16.6 Å². The first-order chi connectivity index (χ1) is 12.0. The second-order valence-electron chi connectivity index (χ2n) is 5.50. The second kappa shape index (κ2) is 7.68. The number of carbonyl (C=O) groups excluding carboxylic acids is 1. The number of carbonyl (C=O) groups is 1. The number of ether oxygens (including phenoxy) is 1. The lowest BCUT2D eigenvalue weighted by molar-refractivity contribution is -0.115. The Morgan fingerprint density at radius 3 is 2.48 bits per heavy atom. The average Bonchev–Trinajstić information content (AvgIpc) is 2.96. The number of methoxy groups -OCH3 is 1. The van der Waals surface area contributed by atoms with Gasteiger partial charge < -0.3 is 10.1 Å². The Balaban J connectivity index is 1.69. The van der Waals surface area contributed by atoms with Crippen LogP contribution >= 0.6 is 22.9 Å². The molecule has 1 aromatic heterocycles. The van der Waals surface area contributed by atoms with Crippen LogP contribution in [0.3, 0.4) is 0 Å². The van der Waals surface area contributed by atoms with E-state index in [0.717, 1.165) is 27.4 Å². The van der Waals surface area contributed by atoms with Crippen molar-refractivity contribution in [2.75, 3.05) is 12.4 Å². The van der Waals surface area contributed by atoms with Crippen molar-refractivity contribution in [3.63, 3.8) is 0 Å². The first-order valence-electron chi connectivity index (χ1n) is 7.71. The normalized spacial score (nSPS) is 10.5. The van der Waals surface area contributed by atoms with Gasteiger partial charge in [-0.15, -0.1) is 11.3 Å². The highest BCUT2D eigenvalue weighted by Gasteiger charge is 2.12. The average molecular weight is 373 g/mol. The largest absolute Gasteiger partial charge is 0.497 e. The van der Waals surface area contributed by atoms with Crippen LogP contribution in [-0.2, 0) is 11.2 Å². The van der Waals surface area contributed by atoms with Gasteiger partial charge in [0.2, 0.25) is 5.91 Å². The summed E-state index contributed by atoms with van der Waals surface area (Å²) < 4.78 is 5.12. The van der Waals surface area contributed by atoms with E-state index in [1.54, 1.807) is 7.11 Å². The fourth-order valence-corrected chi connectivity index (χ4v) is 3.40. The maximum absolute atomic E-state index is 12.2. The van der Waals surface area contributed by atoms with E-state index in [1.807, 2.05) is 55.5 Å². The number of aryl methyl sites for hydroxylation is 1. The predicted molar refractivity (Wildman–Crippen MR) is 103 cm³/mol. The van der Waals surface area contributed by atoms with Gasteiger partial charge in [-0.25, -0.2) is 4.98 Å². The number of aromatic nitrogens is 1. The molecule has 0 atom stereocenters. The van der Waals surface area contributed by atoms with Crippen LogP contribution in [0.25, 0.3) is 11.3 Å². The van der Waals surface area contributed by atoms with Crippen molar-refractivity contribution in [1.29, 1.82) is 0 Å². The molecule has 1 N–H and O–H groups in total. The lowest BCUT2D eigenvalue weighted by Crippen LogP contribution is -2.14. The number of amides is 1. The zero-order valence-electron chi connectivity index (χ0n) is 13.9. The molecule has 0 saturated heterocycles. The van der Waals surface area contributed by atoms with Crippen LogP contribution in [0.1, 0.15) is 10.4 Å². The van der Waals surface area contributed by atoms with E-state index in [9.17, 15) is 4.79 Å². The van der Waals surface area contributed by atoms with Crippen molar-refractivity contribution in [1.82, 2.24) is 4.98 Å². The van der Waals surface area contributed by atoms with Crippen molar-refractivity contribution < 1.29 is 9.53 Å². The van der Waals surface area contributed by atoms with Gasteiger partial charge in [-0.3, -0.25) is 4.79 Å². The number of anilines is 1. The summed E-state index contributed by atoms with van der Waals surface area (Å²) in [5, 5.41) is 4.16. The molecule has 6 heteroatoms. The number of rotatable bonds is 5. The summed E-state index contributed by atoms with van der Waals surface area (Å²) in [7, 11) is 1.62. The minimum atomic E-state index is -0.0958. The van der Waals surface area contributed by atoms with Gasteiger partial charge in [0.15, 0.2) is 5.13 Å². The van der Waals surface area contributed by atoms with Crippen LogP contribution in [0, 0.1) is 6.92 Å². The van der Waals surface area contributed by atoms with E-state index < -0.39 is 0 Å². The van der Waals surface area contributed by atoms with E-state index >= 15 is 0 Å². The molecule has 0 fully saturated rings. The third kappa shape index (κ3) is 4.38. The molecule has 4 nitrogen and oxygen atoms in total. The Morgan fingerprint density at radius 1 is 1.16 bits per heavy atom. The quantitative estimate of drug-likeness (QED) is 0.688. The van der Waals surface area contributed by atoms with Gasteiger partial charge in [0, 0.05) is 15.5 Å². The number of benzene rings is 2. The van der Waals surface area contributed by atoms with Crippen LogP contribution in [0.2, 0.25) is 5.02 Å². The molecule has 0 spiro atoms. The maximum Gasteiger partial charge on any atom is 0.230 e. The summed E-state index contributed by atoms with van der Waals surface area (Å²) in [5.74, 6) is 0.675. The van der Waals surface area contributed by atoms with Crippen molar-refractivity contribution in [2.45, 2.75) is 13.3 Å². The third-order valence-corrected chi connectivity index (χ3v) is 4.82. The third-order valence-electron chi connectivity index (χ3n) is 3.68. The first kappa shape index (κ1) is 17.5. The molecular formula is C19H17ClN2O2S. The molecule has 0 aliphatic heterocycles. The zero-order chi connectivity index (χ0) is 17.8. The van der Waals surface area contributed by atoms with Gasteiger partial charge in [0.25, 0.3) is 0 Å². The number of hydrogen-bond acceptors (Lipinski definition) is 4. The monoisotopic (exact) mass is 372 g/mol. The van der Waals surface area contributed by atoms with Gasteiger partial charge in [-0.1, -0.05) is 35.9 Å². The smallest absolute Gasteiger partial charge is 0.230 e. The van der Waals surface area contributed by atoms with Crippen LogP contribution < -0.4 is 10.1 Å². The molecule has 0 bridgehead atoms. The van der Waals surface area contributed by atoms with Crippen molar-refractivity contribution in [3.05, 3.63) is 64.0 Å². The molecule has 25 heavy (non-hydrogen) atoms. The molecule has 3 aromatic rings. The lowest BCUT2D eigenvalue weighted by atomic mass is 10.1. The fraction of sp³-hybridized carbons (Fsp3) is 0.158. The minimum Gasteiger partial charge on any atom is -0.497 e. The zero-order valence-corrected chi connectivity index (χ0v) is 15.4. The van der Waals surface area contributed by atoms with Crippen LogP contribution in [0.5, 0.6) is 5.75 Å². The molecule has 0 aliphatic rings. The van der Waals surface area contributed by atoms with E-state index in [2.05, 4.69) is 10.3 Å². The molecule has 0 radical (unpaired) electrons. The highest BCUT2D eigenvalue weighted by molar-refractivity contribution is 7.16. The van der Waals surface area contributed by atoms with Crippen molar-refractivity contribution >= 4 is 34.0 Å². The molecular weight excluding hydrogens is 356 g/mol. The molecule has 0 aliphatic carbocycles. The van der Waals surface area contributed by atoms with Gasteiger partial charge >= 0.3 is 0 Å². The molecule has 128 valence electrons. The standard InChI is InChI=1S/C19H17ClN2O2S/c1-12-18(14-5-7-15(20)8-6-14)22-19(25-12)21-17(23)11-13-3-9-16(24-2)10-4-13/h3-10H,11H2,1-2H3,(H,21,22,23). The first-order valence-corrected chi connectivity index (χ1v) is 8.91. The Bertz CT molecular complexity index is 873. The SMILES string of the molecule is COc1ccc(CC(=O)Nc2nc(-c3ccc(Cl)cc3)c(C)s2)cc1. The van der Waals surface area contributed by atoms with Crippen molar-refractivity contribution in [3.8, 4) is 17.0 Å². The van der Waals surface area contributed by atoms with Gasteiger partial charge in [0.1, 0.15) is 5.75 Å². The van der Waals surface area contributed by atoms with Gasteiger partial charge in [0.05, 0.1) is 19.2 Å². The molecule has 0 unspecified atom stereocenters. The maximum atomic E-state index is 12.2. The molecule has 2 aromatic carbocycles. The van der Waals surface area contributed by atoms with Crippen molar-refractivity contribution in [2.24, 2.45) is 0 Å². The minimum absolute atomic E-state index is 0.0958. The Hall–Kier alpha value is -2.37. The number of nitrogens with one attached hydrogen (secondary N) is 1. The summed E-state index contributed by atoms with van der Waals surface area (Å²) in [4.78, 5) is 17.8. The Kier molecular flexibility index (Phi) is 5.36. The topological polar surface area (TPSA) is 51.2 Å². The highest BCUT2D eigenvalue weighted by atomic mass is 35.5. The second-order valence-corrected chi connectivity index (χ2v) is 7.14. The number of halogens is 1. The lowest BCUT2D eigenvalue weighted by Gasteiger charge is -2.04. The summed E-state index contributed by atoms with van der Waals surface area (Å²) in [6.45, 7) is 1.99. The van der Waals surface area contributed by atoms with E-state index in [4.69, 9.17) is 16.3 Å². The molecule has 1 amide bonds. The van der Waals surface area contributed by atoms with Crippen LogP contribution in [0.4, 0.5) is 5.13 Å². The van der Waals surface area contributed by atoms with Crippen LogP contribution in [0.15, 0.2) is 48.5 Å². The van der Waals surface area contributed by atoms with E-state index in [-0.39, 0.29) is 5.91 Å². The summed E-state index contributed by atoms with van der Waals surface area (Å²) in [6, 6.07) is 15.0. The molecule has 1 heterocycles. The van der Waals surface area contributed by atoms with Gasteiger partial charge in [-0.05, 0) is 36.8 Å². The Morgan fingerprint density at radius 2 is 1.84 bits per heavy atom. The predicted octanol–water partition coefficient (Wildman–Crippen LogP) is 4.96. The van der Waals surface area contributed by atoms with Gasteiger partial charge in [-0.2, -0.15) is 0 Å². The number of hydrogen-bond donors (Lipinski definition) is 1. The number of nitrogens with zero attached hydrogens (tertiary/aromatic N) is 1. The number of thiazole rings is 1. The highest BCUT2D eigenvalue weighted by Crippen LogP contribution is 2.31. The summed E-state index contributed by atoms with van der Waals surface area (Å²) >= 11 is 7.39. The van der Waals surface area contributed by atoms with E-state index in [1.165, 1.54) is 11.3 Å². The summed E-state index contributed by atoms with van der Waals surface area (Å²) in [5.41, 5.74) is 2.76. The molecule has 3 rings (SSSR count). The Labute approximate surface area is 155 Å².